The van der Waals surface area contributed by atoms with E-state index in [1.807, 2.05) is 54.6 Å². The Morgan fingerprint density at radius 3 is 2.52 bits per heavy atom. The summed E-state index contributed by atoms with van der Waals surface area (Å²) in [4.78, 5) is 12.4. The Balaban J connectivity index is 1.22. The highest BCUT2D eigenvalue weighted by molar-refractivity contribution is 6.30. The van der Waals surface area contributed by atoms with Crippen LogP contribution in [0, 0.1) is 0 Å². The number of nitrogens with one attached hydrogen (secondary N) is 1. The van der Waals surface area contributed by atoms with Crippen molar-refractivity contribution in [1.29, 1.82) is 0 Å². The fraction of sp³-hybridized carbons (Fsp3) is 0.0833. The zero-order valence-electron chi connectivity index (χ0n) is 16.2. The Morgan fingerprint density at radius 1 is 1.00 bits per heavy atom. The molecular formula is C24H17ClN2O4. The Bertz CT molecular complexity index is 1280. The standard InChI is InChI=1S/C24H17ClN2O4/c25-18-7-5-15(6-8-18)20-10-9-19(30-20)13-26-27-24(28)23-14-29-21-11-16-3-1-2-4-17(16)12-22(21)31-23/h1-13,23H,14H2,(H,27,28)/b26-13+/t23-/m0/s1. The van der Waals surface area contributed by atoms with Gasteiger partial charge in [0.2, 0.25) is 6.10 Å². The van der Waals surface area contributed by atoms with Gasteiger partial charge in [0.25, 0.3) is 5.91 Å². The molecule has 0 aliphatic carbocycles. The van der Waals surface area contributed by atoms with Crippen LogP contribution in [0.4, 0.5) is 0 Å². The van der Waals surface area contributed by atoms with Crippen LogP contribution in [-0.4, -0.2) is 24.8 Å². The van der Waals surface area contributed by atoms with Crippen LogP contribution in [0.2, 0.25) is 5.02 Å². The molecule has 1 amide bonds. The normalized spacial score (nSPS) is 15.3. The van der Waals surface area contributed by atoms with Gasteiger partial charge in [-0.2, -0.15) is 5.10 Å². The number of furan rings is 1. The van der Waals surface area contributed by atoms with Crippen LogP contribution in [0.5, 0.6) is 11.5 Å². The maximum Gasteiger partial charge on any atom is 0.284 e. The van der Waals surface area contributed by atoms with Crippen LogP contribution >= 0.6 is 11.6 Å². The Hall–Kier alpha value is -3.77. The van der Waals surface area contributed by atoms with Crippen LogP contribution in [0.15, 0.2) is 82.3 Å². The number of fused-ring (bicyclic) bond motifs is 2. The molecule has 6 nitrogen and oxygen atoms in total. The van der Waals surface area contributed by atoms with E-state index in [1.54, 1.807) is 18.2 Å². The maximum atomic E-state index is 12.4. The quantitative estimate of drug-likeness (QED) is 0.362. The molecule has 0 radical (unpaired) electrons. The number of hydrazone groups is 1. The van der Waals surface area contributed by atoms with Crippen molar-refractivity contribution >= 4 is 34.5 Å². The van der Waals surface area contributed by atoms with Crippen LogP contribution < -0.4 is 14.9 Å². The summed E-state index contributed by atoms with van der Waals surface area (Å²) < 4.78 is 17.3. The first-order valence-corrected chi connectivity index (χ1v) is 10.0. The Labute approximate surface area is 183 Å². The van der Waals surface area contributed by atoms with Crippen LogP contribution in [0.3, 0.4) is 0 Å². The minimum atomic E-state index is -0.799. The lowest BCUT2D eigenvalue weighted by molar-refractivity contribution is -0.130. The molecule has 3 aromatic carbocycles. The third kappa shape index (κ3) is 4.11. The highest BCUT2D eigenvalue weighted by Crippen LogP contribution is 2.35. The molecule has 1 atom stereocenters. The van der Waals surface area contributed by atoms with E-state index in [2.05, 4.69) is 10.5 Å². The molecule has 5 rings (SSSR count). The smallest absolute Gasteiger partial charge is 0.284 e. The fourth-order valence-electron chi connectivity index (χ4n) is 3.31. The van der Waals surface area contributed by atoms with E-state index >= 15 is 0 Å². The van der Waals surface area contributed by atoms with Crippen molar-refractivity contribution in [3.8, 4) is 22.8 Å². The molecule has 0 saturated heterocycles. The van der Waals surface area contributed by atoms with Crippen molar-refractivity contribution in [2.24, 2.45) is 5.10 Å². The first-order valence-electron chi connectivity index (χ1n) is 9.67. The van der Waals surface area contributed by atoms with Crippen molar-refractivity contribution in [2.75, 3.05) is 6.61 Å². The number of hydrogen-bond donors (Lipinski definition) is 1. The second-order valence-electron chi connectivity index (χ2n) is 7.01. The molecule has 1 aliphatic rings. The highest BCUT2D eigenvalue weighted by Gasteiger charge is 2.27. The average molecular weight is 433 g/mol. The number of benzene rings is 3. The number of amides is 1. The molecule has 7 heteroatoms. The SMILES string of the molecule is O=C(N/N=C/c1ccc(-c2ccc(Cl)cc2)o1)[C@@H]1COc2cc3ccccc3cc2O1. The second kappa shape index (κ2) is 8.16. The van der Waals surface area contributed by atoms with E-state index in [9.17, 15) is 4.79 Å². The predicted octanol–water partition coefficient (Wildman–Crippen LogP) is 5.04. The van der Waals surface area contributed by atoms with Crippen LogP contribution in [0.25, 0.3) is 22.1 Å². The average Bonchev–Trinajstić information content (AvgIpc) is 3.26. The number of nitrogens with zero attached hydrogens (tertiary/aromatic N) is 1. The maximum absolute atomic E-state index is 12.4. The Morgan fingerprint density at radius 2 is 1.74 bits per heavy atom. The third-order valence-electron chi connectivity index (χ3n) is 4.89. The van der Waals surface area contributed by atoms with Crippen molar-refractivity contribution in [2.45, 2.75) is 6.10 Å². The van der Waals surface area contributed by atoms with Crippen molar-refractivity contribution in [1.82, 2.24) is 5.43 Å². The number of ether oxygens (including phenoxy) is 2. The molecule has 0 bridgehead atoms. The summed E-state index contributed by atoms with van der Waals surface area (Å²) in [6.07, 6.45) is 0.634. The van der Waals surface area contributed by atoms with E-state index in [-0.39, 0.29) is 6.61 Å². The van der Waals surface area contributed by atoms with E-state index in [1.165, 1.54) is 6.21 Å². The van der Waals surface area contributed by atoms with Gasteiger partial charge >= 0.3 is 0 Å². The zero-order valence-corrected chi connectivity index (χ0v) is 17.0. The molecular weight excluding hydrogens is 416 g/mol. The molecule has 0 unspecified atom stereocenters. The van der Waals surface area contributed by atoms with E-state index in [4.69, 9.17) is 25.5 Å². The minimum absolute atomic E-state index is 0.105. The number of rotatable bonds is 4. The van der Waals surface area contributed by atoms with Crippen LogP contribution in [0.1, 0.15) is 5.76 Å². The lowest BCUT2D eigenvalue weighted by atomic mass is 10.1. The summed E-state index contributed by atoms with van der Waals surface area (Å²) in [5.41, 5.74) is 3.37. The van der Waals surface area contributed by atoms with Gasteiger partial charge in [-0.3, -0.25) is 4.79 Å². The summed E-state index contributed by atoms with van der Waals surface area (Å²) in [6.45, 7) is 0.105. The molecule has 1 N–H and O–H groups in total. The first kappa shape index (κ1) is 19.2. The van der Waals surface area contributed by atoms with E-state index < -0.39 is 12.0 Å². The third-order valence-corrected chi connectivity index (χ3v) is 5.14. The topological polar surface area (TPSA) is 73.1 Å². The summed E-state index contributed by atoms with van der Waals surface area (Å²) in [5, 5.41) is 6.69. The minimum Gasteiger partial charge on any atom is -0.485 e. The fourth-order valence-corrected chi connectivity index (χ4v) is 3.43. The molecule has 2 heterocycles. The predicted molar refractivity (Wildman–Crippen MR) is 119 cm³/mol. The molecule has 1 aliphatic heterocycles. The van der Waals surface area contributed by atoms with Gasteiger partial charge in [-0.1, -0.05) is 35.9 Å². The lowest BCUT2D eigenvalue weighted by Gasteiger charge is -2.25. The van der Waals surface area contributed by atoms with Gasteiger partial charge in [0.1, 0.15) is 18.1 Å². The van der Waals surface area contributed by atoms with Gasteiger partial charge in [0.15, 0.2) is 11.5 Å². The number of hydrogen-bond acceptors (Lipinski definition) is 5. The summed E-state index contributed by atoms with van der Waals surface area (Å²) in [5.74, 6) is 1.93. The second-order valence-corrected chi connectivity index (χ2v) is 7.44. The monoisotopic (exact) mass is 432 g/mol. The summed E-state index contributed by atoms with van der Waals surface area (Å²) in [7, 11) is 0. The molecule has 0 saturated carbocycles. The largest absolute Gasteiger partial charge is 0.485 e. The van der Waals surface area contributed by atoms with Crippen molar-refractivity contribution in [3.63, 3.8) is 0 Å². The highest BCUT2D eigenvalue weighted by atomic mass is 35.5. The molecule has 0 fully saturated rings. The molecule has 4 aromatic rings. The van der Waals surface area contributed by atoms with Crippen LogP contribution in [-0.2, 0) is 4.79 Å². The van der Waals surface area contributed by atoms with Gasteiger partial charge in [0.05, 0.1) is 6.21 Å². The van der Waals surface area contributed by atoms with Gasteiger partial charge in [-0.05, 0) is 59.3 Å². The molecule has 154 valence electrons. The van der Waals surface area contributed by atoms with Gasteiger partial charge in [-0.15, -0.1) is 0 Å². The number of halogens is 1. The van der Waals surface area contributed by atoms with Crippen molar-refractivity contribution in [3.05, 3.63) is 83.6 Å². The van der Waals surface area contributed by atoms with E-state index in [0.717, 1.165) is 16.3 Å². The summed E-state index contributed by atoms with van der Waals surface area (Å²) in [6, 6.07) is 22.6. The number of carbonyl (C=O) groups excluding carboxylic acids is 1. The molecule has 0 spiro atoms. The Kier molecular flexibility index (Phi) is 5.06. The lowest BCUT2D eigenvalue weighted by Crippen LogP contribution is -2.42. The summed E-state index contributed by atoms with van der Waals surface area (Å²) >= 11 is 5.91. The van der Waals surface area contributed by atoms with E-state index in [0.29, 0.717) is 28.0 Å². The number of carbonyl (C=O) groups is 1. The van der Waals surface area contributed by atoms with Gasteiger partial charge < -0.3 is 13.9 Å². The zero-order chi connectivity index (χ0) is 21.2. The molecule has 31 heavy (non-hydrogen) atoms. The van der Waals surface area contributed by atoms with Gasteiger partial charge in [0, 0.05) is 10.6 Å². The van der Waals surface area contributed by atoms with Gasteiger partial charge in [-0.25, -0.2) is 5.43 Å². The van der Waals surface area contributed by atoms with Crippen molar-refractivity contribution < 1.29 is 18.7 Å². The molecule has 1 aromatic heterocycles. The first-order chi connectivity index (χ1) is 15.2.